The Morgan fingerprint density at radius 1 is 1.37 bits per heavy atom. The molecule has 19 heavy (non-hydrogen) atoms. The van der Waals surface area contributed by atoms with E-state index in [9.17, 15) is 4.79 Å². The van der Waals surface area contributed by atoms with Gasteiger partial charge >= 0.3 is 6.09 Å². The third-order valence-corrected chi connectivity index (χ3v) is 3.23. The van der Waals surface area contributed by atoms with Crippen LogP contribution in [0.2, 0.25) is 0 Å². The zero-order chi connectivity index (χ0) is 14.0. The maximum Gasteiger partial charge on any atom is 0.413 e. The first-order valence-electron chi connectivity index (χ1n) is 5.96. The van der Waals surface area contributed by atoms with Crippen LogP contribution in [0.5, 0.6) is 0 Å². The second-order valence-electron chi connectivity index (χ2n) is 5.05. The van der Waals surface area contributed by atoms with Gasteiger partial charge in [-0.3, -0.25) is 5.32 Å². The minimum absolute atomic E-state index is 0.488. The zero-order valence-electron chi connectivity index (χ0n) is 11.4. The number of ether oxygens (including phenoxy) is 1. The van der Waals surface area contributed by atoms with Crippen LogP contribution in [-0.2, 0) is 4.74 Å². The van der Waals surface area contributed by atoms with Crippen molar-refractivity contribution in [3.8, 4) is 0 Å². The third kappa shape index (κ3) is 3.35. The Morgan fingerprint density at radius 2 is 2.11 bits per heavy atom. The van der Waals surface area contributed by atoms with Gasteiger partial charge in [-0.15, -0.1) is 0 Å². The highest BCUT2D eigenvalue weighted by molar-refractivity contribution is 7.22. The summed E-state index contributed by atoms with van der Waals surface area (Å²) in [5.74, 6) is 0. The molecule has 0 atom stereocenters. The first kappa shape index (κ1) is 13.6. The van der Waals surface area contributed by atoms with Gasteiger partial charge in [-0.1, -0.05) is 17.4 Å². The van der Waals surface area contributed by atoms with E-state index in [0.29, 0.717) is 5.13 Å². The van der Waals surface area contributed by atoms with Crippen LogP contribution in [0.25, 0.3) is 10.2 Å². The first-order valence-corrected chi connectivity index (χ1v) is 6.78. The third-order valence-electron chi connectivity index (χ3n) is 2.30. The Morgan fingerprint density at radius 3 is 2.74 bits per heavy atom. The monoisotopic (exact) mass is 279 g/mol. The second-order valence-corrected chi connectivity index (χ2v) is 6.08. The molecule has 1 aromatic heterocycles. The van der Waals surface area contributed by atoms with Crippen molar-refractivity contribution < 1.29 is 9.53 Å². The second kappa shape index (κ2) is 5.05. The van der Waals surface area contributed by atoms with E-state index in [2.05, 4.69) is 15.6 Å². The molecule has 1 heterocycles. The Kier molecular flexibility index (Phi) is 3.61. The molecule has 2 aromatic rings. The molecule has 6 heteroatoms. The lowest BCUT2D eigenvalue weighted by molar-refractivity contribution is 0.0636. The van der Waals surface area contributed by atoms with Gasteiger partial charge in [0.25, 0.3) is 0 Å². The first-order chi connectivity index (χ1) is 8.89. The van der Waals surface area contributed by atoms with Gasteiger partial charge in [0.15, 0.2) is 5.13 Å². The van der Waals surface area contributed by atoms with Gasteiger partial charge in [0, 0.05) is 7.05 Å². The van der Waals surface area contributed by atoms with Crippen molar-refractivity contribution >= 4 is 38.5 Å². The molecular weight excluding hydrogens is 262 g/mol. The number of thiazole rings is 1. The molecule has 102 valence electrons. The van der Waals surface area contributed by atoms with Crippen molar-refractivity contribution in [2.45, 2.75) is 26.4 Å². The maximum atomic E-state index is 11.7. The molecule has 0 saturated heterocycles. The van der Waals surface area contributed by atoms with Crippen molar-refractivity contribution in [1.29, 1.82) is 0 Å². The number of carbonyl (C=O) groups is 1. The fraction of sp³-hybridized carbons (Fsp3) is 0.385. The summed E-state index contributed by atoms with van der Waals surface area (Å²) in [5.41, 5.74) is 1.27. The van der Waals surface area contributed by atoms with Gasteiger partial charge in [-0.05, 0) is 32.9 Å². The highest BCUT2D eigenvalue weighted by Gasteiger charge is 2.17. The number of anilines is 2. The summed E-state index contributed by atoms with van der Waals surface area (Å²) in [4.78, 5) is 16.1. The maximum absolute atomic E-state index is 11.7. The molecule has 0 aliphatic heterocycles. The van der Waals surface area contributed by atoms with Crippen LogP contribution in [0.4, 0.5) is 15.6 Å². The quantitative estimate of drug-likeness (QED) is 0.880. The van der Waals surface area contributed by atoms with E-state index in [1.807, 2.05) is 46.0 Å². The number of aromatic nitrogens is 1. The number of rotatable bonds is 2. The predicted molar refractivity (Wildman–Crippen MR) is 79.0 cm³/mol. The summed E-state index contributed by atoms with van der Waals surface area (Å²) < 4.78 is 6.21. The summed E-state index contributed by atoms with van der Waals surface area (Å²) in [6.45, 7) is 5.47. The Balaban J connectivity index is 2.20. The van der Waals surface area contributed by atoms with Gasteiger partial charge in [-0.25, -0.2) is 9.78 Å². The minimum atomic E-state index is -0.517. The number of para-hydroxylation sites is 1. The molecule has 0 aliphatic carbocycles. The molecule has 2 rings (SSSR count). The van der Waals surface area contributed by atoms with Crippen molar-refractivity contribution in [3.63, 3.8) is 0 Å². The molecule has 0 fully saturated rings. The molecule has 5 nitrogen and oxygen atoms in total. The molecule has 0 saturated carbocycles. The number of hydrogen-bond acceptors (Lipinski definition) is 5. The molecular formula is C13H17N3O2S. The van der Waals surface area contributed by atoms with Crippen LogP contribution in [0.1, 0.15) is 20.8 Å². The Bertz CT molecular complexity index is 601. The number of benzene rings is 1. The van der Waals surface area contributed by atoms with E-state index in [1.54, 1.807) is 0 Å². The van der Waals surface area contributed by atoms with Crippen LogP contribution in [0.15, 0.2) is 18.2 Å². The summed E-state index contributed by atoms with van der Waals surface area (Å²) in [5, 5.41) is 6.27. The van der Waals surface area contributed by atoms with Crippen LogP contribution >= 0.6 is 11.3 Å². The van der Waals surface area contributed by atoms with Crippen molar-refractivity contribution in [3.05, 3.63) is 18.2 Å². The van der Waals surface area contributed by atoms with Crippen LogP contribution in [-0.4, -0.2) is 23.7 Å². The van der Waals surface area contributed by atoms with Gasteiger partial charge < -0.3 is 10.1 Å². The number of carbonyl (C=O) groups excluding carboxylic acids is 1. The van der Waals surface area contributed by atoms with Crippen LogP contribution in [0, 0.1) is 0 Å². The van der Waals surface area contributed by atoms with E-state index < -0.39 is 11.7 Å². The number of hydrogen-bond donors (Lipinski definition) is 2. The lowest BCUT2D eigenvalue weighted by atomic mass is 10.2. The summed E-state index contributed by atoms with van der Waals surface area (Å²) in [6.07, 6.45) is -0.488. The van der Waals surface area contributed by atoms with E-state index in [-0.39, 0.29) is 0 Å². The molecule has 1 aromatic carbocycles. The zero-order valence-corrected chi connectivity index (χ0v) is 12.2. The largest absolute Gasteiger partial charge is 0.444 e. The Labute approximate surface area is 116 Å². The lowest BCUT2D eigenvalue weighted by Crippen LogP contribution is -2.27. The Hall–Kier alpha value is -1.82. The van der Waals surface area contributed by atoms with Crippen molar-refractivity contribution in [1.82, 2.24) is 4.98 Å². The number of amides is 1. The van der Waals surface area contributed by atoms with Gasteiger partial charge in [0.2, 0.25) is 0 Å². The summed E-state index contributed by atoms with van der Waals surface area (Å²) in [6, 6.07) is 5.86. The fourth-order valence-corrected chi connectivity index (χ4v) is 2.47. The lowest BCUT2D eigenvalue weighted by Gasteiger charge is -2.18. The van der Waals surface area contributed by atoms with Gasteiger partial charge in [0.1, 0.15) is 11.1 Å². The SMILES string of the molecule is CNc1cccc2sc(NC(=O)OC(C)(C)C)nc12. The predicted octanol–water partition coefficient (Wildman–Crippen LogP) is 3.69. The van der Waals surface area contributed by atoms with Gasteiger partial charge in [-0.2, -0.15) is 0 Å². The number of fused-ring (bicyclic) bond motifs is 1. The van der Waals surface area contributed by atoms with Crippen molar-refractivity contribution in [2.24, 2.45) is 0 Å². The number of nitrogens with one attached hydrogen (secondary N) is 2. The molecule has 2 N–H and O–H groups in total. The molecule has 0 unspecified atom stereocenters. The molecule has 0 spiro atoms. The molecule has 0 radical (unpaired) electrons. The summed E-state index contributed by atoms with van der Waals surface area (Å²) in [7, 11) is 1.84. The number of nitrogens with zero attached hydrogens (tertiary/aromatic N) is 1. The highest BCUT2D eigenvalue weighted by atomic mass is 32.1. The van der Waals surface area contributed by atoms with E-state index in [4.69, 9.17) is 4.74 Å². The molecule has 0 aliphatic rings. The van der Waals surface area contributed by atoms with E-state index in [1.165, 1.54) is 11.3 Å². The minimum Gasteiger partial charge on any atom is -0.444 e. The smallest absolute Gasteiger partial charge is 0.413 e. The van der Waals surface area contributed by atoms with E-state index >= 15 is 0 Å². The standard InChI is InChI=1S/C13H17N3O2S/c1-13(2,3)18-12(17)16-11-15-10-8(14-4)6-5-7-9(10)19-11/h5-7,14H,1-4H3,(H,15,16,17). The fourth-order valence-electron chi connectivity index (χ4n) is 1.59. The van der Waals surface area contributed by atoms with Crippen LogP contribution in [0.3, 0.4) is 0 Å². The normalized spacial score (nSPS) is 11.4. The molecule has 1 amide bonds. The van der Waals surface area contributed by atoms with E-state index in [0.717, 1.165) is 15.9 Å². The average Bonchev–Trinajstić information content (AvgIpc) is 2.67. The average molecular weight is 279 g/mol. The molecule has 0 bridgehead atoms. The summed E-state index contributed by atoms with van der Waals surface area (Å²) >= 11 is 1.42. The topological polar surface area (TPSA) is 63.2 Å². The van der Waals surface area contributed by atoms with Crippen molar-refractivity contribution in [2.75, 3.05) is 17.7 Å². The van der Waals surface area contributed by atoms with Crippen LogP contribution < -0.4 is 10.6 Å². The highest BCUT2D eigenvalue weighted by Crippen LogP contribution is 2.30. The van der Waals surface area contributed by atoms with Gasteiger partial charge in [0.05, 0.1) is 10.4 Å².